The van der Waals surface area contributed by atoms with Crippen molar-refractivity contribution in [1.29, 1.82) is 0 Å². The molecule has 0 bridgehead atoms. The Bertz CT molecular complexity index is 130. The highest BCUT2D eigenvalue weighted by Crippen LogP contribution is 2.03. The van der Waals surface area contributed by atoms with E-state index in [1.165, 1.54) is 0 Å². The normalized spacial score (nSPS) is 42.0. The fraction of sp³-hybridized carbons (Fsp3) is 1.00. The van der Waals surface area contributed by atoms with Crippen LogP contribution >= 0.6 is 0 Å². The van der Waals surface area contributed by atoms with Crippen LogP contribution in [0.2, 0.25) is 0 Å². The zero-order chi connectivity index (χ0) is 10.6. The average molecular weight is 208 g/mol. The zero-order valence-electron chi connectivity index (χ0n) is 7.74. The molecule has 0 aromatic heterocycles. The number of ether oxygens (including phenoxy) is 2. The van der Waals surface area contributed by atoms with Gasteiger partial charge in [-0.2, -0.15) is 0 Å². The van der Waals surface area contributed by atoms with E-state index >= 15 is 0 Å². The summed E-state index contributed by atoms with van der Waals surface area (Å²) in [6, 6.07) is 0. The first-order valence-corrected chi connectivity index (χ1v) is 4.49. The van der Waals surface area contributed by atoms with Crippen LogP contribution in [0, 0.1) is 0 Å². The molecular weight excluding hydrogens is 192 g/mol. The Hall–Kier alpha value is -0.240. The van der Waals surface area contributed by atoms with Gasteiger partial charge in [-0.05, 0) is 0 Å². The lowest BCUT2D eigenvalue weighted by Crippen LogP contribution is -2.22. The molecule has 2 unspecified atom stereocenters. The molecule has 2 aliphatic rings. The van der Waals surface area contributed by atoms with Crippen molar-refractivity contribution in [3.63, 3.8) is 0 Å². The lowest BCUT2D eigenvalue weighted by atomic mass is 10.3. The van der Waals surface area contributed by atoms with Gasteiger partial charge in [-0.3, -0.25) is 0 Å². The molecule has 0 aromatic rings. The van der Waals surface area contributed by atoms with Gasteiger partial charge in [0.2, 0.25) is 0 Å². The highest BCUT2D eigenvalue weighted by Gasteiger charge is 2.23. The maximum atomic E-state index is 8.62. The largest absolute Gasteiger partial charge is 0.388 e. The predicted octanol–water partition coefficient (Wildman–Crippen LogP) is -2.52. The van der Waals surface area contributed by atoms with Gasteiger partial charge in [0.25, 0.3) is 0 Å². The number of aliphatic hydroxyl groups excluding tert-OH is 4. The highest BCUT2D eigenvalue weighted by atomic mass is 16.5. The molecule has 0 amide bonds. The summed E-state index contributed by atoms with van der Waals surface area (Å²) < 4.78 is 9.34. The second-order valence-corrected chi connectivity index (χ2v) is 3.34. The van der Waals surface area contributed by atoms with E-state index in [0.29, 0.717) is 0 Å². The van der Waals surface area contributed by atoms with Crippen molar-refractivity contribution >= 4 is 0 Å². The Balaban J connectivity index is 0.000000140. The van der Waals surface area contributed by atoms with Crippen LogP contribution in [-0.2, 0) is 9.47 Å². The van der Waals surface area contributed by atoms with Crippen molar-refractivity contribution in [3.8, 4) is 0 Å². The number of hydrogen-bond donors (Lipinski definition) is 4. The summed E-state index contributed by atoms with van der Waals surface area (Å²) in [5.74, 6) is 0. The van der Waals surface area contributed by atoms with Gasteiger partial charge in [-0.15, -0.1) is 0 Å². The van der Waals surface area contributed by atoms with E-state index in [9.17, 15) is 0 Å². The Morgan fingerprint density at radius 1 is 0.571 bits per heavy atom. The van der Waals surface area contributed by atoms with Crippen LogP contribution in [0.4, 0.5) is 0 Å². The molecule has 2 fully saturated rings. The first-order chi connectivity index (χ1) is 6.61. The molecule has 2 aliphatic heterocycles. The summed E-state index contributed by atoms with van der Waals surface area (Å²) in [7, 11) is 0. The van der Waals surface area contributed by atoms with Gasteiger partial charge in [0, 0.05) is 0 Å². The van der Waals surface area contributed by atoms with E-state index in [1.807, 2.05) is 0 Å². The monoisotopic (exact) mass is 208 g/mol. The van der Waals surface area contributed by atoms with Crippen LogP contribution in [0.25, 0.3) is 0 Å². The highest BCUT2D eigenvalue weighted by molar-refractivity contribution is 4.71. The quantitative estimate of drug-likeness (QED) is 0.350. The fourth-order valence-corrected chi connectivity index (χ4v) is 1.06. The Morgan fingerprint density at radius 3 is 0.857 bits per heavy atom. The van der Waals surface area contributed by atoms with Gasteiger partial charge in [0.05, 0.1) is 26.4 Å². The smallest absolute Gasteiger partial charge is 0.105 e. The maximum Gasteiger partial charge on any atom is 0.105 e. The minimum absolute atomic E-state index is 0.279. The molecule has 0 spiro atoms. The lowest BCUT2D eigenvalue weighted by Gasteiger charge is -2.00. The summed E-state index contributed by atoms with van der Waals surface area (Å²) in [6.45, 7) is 1.12. The summed E-state index contributed by atoms with van der Waals surface area (Å²) in [5.41, 5.74) is 0. The van der Waals surface area contributed by atoms with Gasteiger partial charge >= 0.3 is 0 Å². The van der Waals surface area contributed by atoms with Crippen LogP contribution in [0.15, 0.2) is 0 Å². The second kappa shape index (κ2) is 5.59. The predicted molar refractivity (Wildman–Crippen MR) is 45.7 cm³/mol. The van der Waals surface area contributed by atoms with E-state index in [2.05, 4.69) is 9.47 Å². The van der Waals surface area contributed by atoms with E-state index in [-0.39, 0.29) is 26.4 Å². The third kappa shape index (κ3) is 3.49. The first kappa shape index (κ1) is 11.8. The summed E-state index contributed by atoms with van der Waals surface area (Å²) in [6.07, 6.45) is -2.61. The van der Waals surface area contributed by atoms with Crippen LogP contribution in [0.3, 0.4) is 0 Å². The van der Waals surface area contributed by atoms with Crippen LogP contribution in [0.1, 0.15) is 0 Å². The summed E-state index contributed by atoms with van der Waals surface area (Å²) in [5, 5.41) is 34.5. The molecule has 6 nitrogen and oxygen atoms in total. The molecule has 2 heterocycles. The zero-order valence-corrected chi connectivity index (χ0v) is 7.74. The minimum atomic E-state index is -0.653. The van der Waals surface area contributed by atoms with Crippen molar-refractivity contribution in [2.75, 3.05) is 26.4 Å². The first-order valence-electron chi connectivity index (χ1n) is 4.49. The SMILES string of the molecule is OC1COCC1O.O[C@@H]1COC[C@@H]1O. The molecule has 4 N–H and O–H groups in total. The third-order valence-electron chi connectivity index (χ3n) is 2.04. The van der Waals surface area contributed by atoms with Crippen molar-refractivity contribution in [3.05, 3.63) is 0 Å². The van der Waals surface area contributed by atoms with Gasteiger partial charge < -0.3 is 29.9 Å². The van der Waals surface area contributed by atoms with E-state index in [4.69, 9.17) is 20.4 Å². The maximum absolute atomic E-state index is 8.62. The topological polar surface area (TPSA) is 99.4 Å². The molecule has 0 saturated carbocycles. The summed E-state index contributed by atoms with van der Waals surface area (Å²) >= 11 is 0. The number of rotatable bonds is 0. The van der Waals surface area contributed by atoms with E-state index in [1.54, 1.807) is 0 Å². The Kier molecular flexibility index (Phi) is 4.73. The summed E-state index contributed by atoms with van der Waals surface area (Å²) in [4.78, 5) is 0. The fourth-order valence-electron chi connectivity index (χ4n) is 1.06. The molecule has 4 atom stereocenters. The van der Waals surface area contributed by atoms with E-state index in [0.717, 1.165) is 0 Å². The van der Waals surface area contributed by atoms with E-state index < -0.39 is 24.4 Å². The molecular formula is C8H16O6. The van der Waals surface area contributed by atoms with Crippen LogP contribution < -0.4 is 0 Å². The average Bonchev–Trinajstić information content (AvgIpc) is 2.67. The molecule has 0 aromatic carbocycles. The molecule has 84 valence electrons. The second-order valence-electron chi connectivity index (χ2n) is 3.34. The molecule has 0 radical (unpaired) electrons. The minimum Gasteiger partial charge on any atom is -0.388 e. The molecule has 2 saturated heterocycles. The third-order valence-corrected chi connectivity index (χ3v) is 2.04. The van der Waals surface area contributed by atoms with Gasteiger partial charge in [-0.1, -0.05) is 0 Å². The van der Waals surface area contributed by atoms with Gasteiger partial charge in [0.1, 0.15) is 24.4 Å². The lowest BCUT2D eigenvalue weighted by molar-refractivity contribution is 0.0572. The molecule has 6 heteroatoms. The van der Waals surface area contributed by atoms with Crippen molar-refractivity contribution in [2.24, 2.45) is 0 Å². The molecule has 0 aliphatic carbocycles. The van der Waals surface area contributed by atoms with Crippen molar-refractivity contribution < 1.29 is 29.9 Å². The van der Waals surface area contributed by atoms with Crippen LogP contribution in [-0.4, -0.2) is 71.3 Å². The van der Waals surface area contributed by atoms with Crippen molar-refractivity contribution in [1.82, 2.24) is 0 Å². The van der Waals surface area contributed by atoms with Gasteiger partial charge in [0.15, 0.2) is 0 Å². The Labute approximate surface area is 81.7 Å². The van der Waals surface area contributed by atoms with Crippen molar-refractivity contribution in [2.45, 2.75) is 24.4 Å². The number of hydrogen-bond acceptors (Lipinski definition) is 6. The Morgan fingerprint density at radius 2 is 0.786 bits per heavy atom. The standard InChI is InChI=1S/2C4H8O3/c2*5-3-1-7-2-4(3)6/h2*3-6H,1-2H2/t3-,4+;. The molecule has 2 rings (SSSR count). The molecule has 14 heavy (non-hydrogen) atoms. The van der Waals surface area contributed by atoms with Gasteiger partial charge in [-0.25, -0.2) is 0 Å². The number of aliphatic hydroxyl groups is 4. The van der Waals surface area contributed by atoms with Crippen LogP contribution in [0.5, 0.6) is 0 Å².